The van der Waals surface area contributed by atoms with Gasteiger partial charge in [-0.2, -0.15) is 0 Å². The topological polar surface area (TPSA) is 46.4 Å². The van der Waals surface area contributed by atoms with Crippen LogP contribution in [0.15, 0.2) is 28.4 Å². The number of allylic oxidation sites excluding steroid dienone is 1. The maximum absolute atomic E-state index is 12.8. The van der Waals surface area contributed by atoms with E-state index >= 15 is 0 Å². The van der Waals surface area contributed by atoms with Crippen molar-refractivity contribution in [2.75, 3.05) is 6.54 Å². The number of pyridine rings is 1. The maximum Gasteiger partial charge on any atom is 0.270 e. The lowest BCUT2D eigenvalue weighted by atomic mass is 9.97. The highest BCUT2D eigenvalue weighted by Crippen LogP contribution is 2.22. The molecule has 0 saturated heterocycles. The van der Waals surface area contributed by atoms with Crippen LogP contribution in [0.25, 0.3) is 5.65 Å². The highest BCUT2D eigenvalue weighted by atomic mass is 79.9. The van der Waals surface area contributed by atoms with Gasteiger partial charge >= 0.3 is 0 Å². The number of hydrogen-bond acceptors (Lipinski definition) is 2. The molecule has 1 aliphatic rings. The zero-order chi connectivity index (χ0) is 17.1. The van der Waals surface area contributed by atoms with Gasteiger partial charge in [0.15, 0.2) is 0 Å². The van der Waals surface area contributed by atoms with E-state index in [0.29, 0.717) is 12.2 Å². The number of carbonyl (C=O) groups is 1. The molecule has 0 bridgehead atoms. The van der Waals surface area contributed by atoms with Gasteiger partial charge in [-0.15, -0.1) is 0 Å². The van der Waals surface area contributed by atoms with Crippen molar-refractivity contribution in [3.8, 4) is 0 Å². The molecule has 2 aromatic heterocycles. The molecule has 0 unspecified atom stereocenters. The summed E-state index contributed by atoms with van der Waals surface area (Å²) in [6, 6.07) is 2.03. The molecule has 0 saturated carbocycles. The fourth-order valence-electron chi connectivity index (χ4n) is 3.35. The van der Waals surface area contributed by atoms with E-state index in [9.17, 15) is 4.79 Å². The predicted molar refractivity (Wildman–Crippen MR) is 101 cm³/mol. The van der Waals surface area contributed by atoms with Crippen molar-refractivity contribution in [2.24, 2.45) is 0 Å². The van der Waals surface area contributed by atoms with Gasteiger partial charge in [-0.05, 0) is 73.0 Å². The molecule has 1 N–H and O–H groups in total. The van der Waals surface area contributed by atoms with E-state index < -0.39 is 0 Å². The van der Waals surface area contributed by atoms with Crippen LogP contribution in [-0.2, 0) is 6.42 Å². The monoisotopic (exact) mass is 389 g/mol. The average molecular weight is 390 g/mol. The Hall–Kier alpha value is -1.62. The second kappa shape index (κ2) is 7.51. The lowest BCUT2D eigenvalue weighted by Gasteiger charge is -2.13. The van der Waals surface area contributed by atoms with Gasteiger partial charge in [-0.3, -0.25) is 9.20 Å². The predicted octanol–water partition coefficient (Wildman–Crippen LogP) is 4.59. The Kier molecular flexibility index (Phi) is 5.39. The zero-order valence-corrected chi connectivity index (χ0v) is 15.9. The van der Waals surface area contributed by atoms with E-state index in [4.69, 9.17) is 0 Å². The minimum atomic E-state index is -0.0340. The smallest absolute Gasteiger partial charge is 0.270 e. The summed E-state index contributed by atoms with van der Waals surface area (Å²) >= 11 is 3.51. The first kappa shape index (κ1) is 17.2. The van der Waals surface area contributed by atoms with Gasteiger partial charge < -0.3 is 5.32 Å². The molecule has 24 heavy (non-hydrogen) atoms. The van der Waals surface area contributed by atoms with Crippen molar-refractivity contribution in [2.45, 2.75) is 52.4 Å². The number of amides is 1. The Balaban J connectivity index is 1.79. The number of halogens is 1. The van der Waals surface area contributed by atoms with E-state index in [1.807, 2.05) is 30.5 Å². The van der Waals surface area contributed by atoms with Crippen LogP contribution in [0.5, 0.6) is 0 Å². The van der Waals surface area contributed by atoms with Crippen LogP contribution in [0.2, 0.25) is 0 Å². The van der Waals surface area contributed by atoms with Crippen LogP contribution in [0.3, 0.4) is 0 Å². The molecule has 2 heterocycles. The molecule has 5 heteroatoms. The largest absolute Gasteiger partial charge is 0.350 e. The number of rotatable bonds is 5. The summed E-state index contributed by atoms with van der Waals surface area (Å²) in [4.78, 5) is 17.4. The molecule has 128 valence electrons. The lowest BCUT2D eigenvalue weighted by Crippen LogP contribution is -2.27. The molecule has 4 nitrogen and oxygen atoms in total. The van der Waals surface area contributed by atoms with Crippen LogP contribution in [0.1, 0.15) is 60.8 Å². The van der Waals surface area contributed by atoms with Crippen LogP contribution in [-0.4, -0.2) is 21.8 Å². The molecular formula is C19H24BrN3O. The Morgan fingerprint density at radius 2 is 2.25 bits per heavy atom. The maximum atomic E-state index is 12.8. The minimum Gasteiger partial charge on any atom is -0.350 e. The molecule has 0 fully saturated rings. The van der Waals surface area contributed by atoms with Crippen LogP contribution in [0, 0.1) is 6.92 Å². The van der Waals surface area contributed by atoms with Crippen molar-refractivity contribution in [3.63, 3.8) is 0 Å². The molecule has 1 amide bonds. The fourth-order valence-corrected chi connectivity index (χ4v) is 3.90. The molecule has 2 aromatic rings. The highest BCUT2D eigenvalue weighted by Gasteiger charge is 2.19. The van der Waals surface area contributed by atoms with E-state index in [1.165, 1.54) is 31.3 Å². The summed E-state index contributed by atoms with van der Waals surface area (Å²) < 4.78 is 2.86. The van der Waals surface area contributed by atoms with Crippen LogP contribution >= 0.6 is 15.9 Å². The molecule has 0 aromatic carbocycles. The number of hydrogen-bond donors (Lipinski definition) is 1. The van der Waals surface area contributed by atoms with Crippen molar-refractivity contribution < 1.29 is 4.79 Å². The molecule has 0 aliphatic heterocycles. The van der Waals surface area contributed by atoms with E-state index in [0.717, 1.165) is 34.2 Å². The average Bonchev–Trinajstić information content (AvgIpc) is 2.94. The number of imidazole rings is 1. The minimum absolute atomic E-state index is 0.0340. The Bertz CT molecular complexity index is 791. The zero-order valence-electron chi connectivity index (χ0n) is 14.4. The summed E-state index contributed by atoms with van der Waals surface area (Å²) in [6.07, 6.45) is 10.9. The van der Waals surface area contributed by atoms with Crippen molar-refractivity contribution in [1.29, 1.82) is 0 Å². The molecular weight excluding hydrogens is 366 g/mol. The van der Waals surface area contributed by atoms with E-state index in [-0.39, 0.29) is 5.91 Å². The molecule has 3 rings (SSSR count). The summed E-state index contributed by atoms with van der Waals surface area (Å²) in [5, 5.41) is 3.08. The first-order valence-electron chi connectivity index (χ1n) is 8.73. The fraction of sp³-hybridized carbons (Fsp3) is 0.474. The number of carbonyl (C=O) groups excluding carboxylic acids is 1. The van der Waals surface area contributed by atoms with Crippen LogP contribution < -0.4 is 5.32 Å². The third-order valence-corrected chi connectivity index (χ3v) is 5.04. The standard InChI is InChI=1S/C19H24BrN3O/c1-3-16-17(23-12-15(20)11-13(2)18(23)22-16)19(24)21-10-9-14-7-5-4-6-8-14/h7,11-12H,3-6,8-10H2,1-2H3,(H,21,24). The van der Waals surface area contributed by atoms with Gasteiger partial charge in [0, 0.05) is 17.2 Å². The van der Waals surface area contributed by atoms with Gasteiger partial charge in [0.05, 0.1) is 5.69 Å². The normalized spacial score (nSPS) is 14.7. The summed E-state index contributed by atoms with van der Waals surface area (Å²) in [5.41, 5.74) is 4.91. The van der Waals surface area contributed by atoms with Crippen LogP contribution in [0.4, 0.5) is 0 Å². The number of nitrogens with one attached hydrogen (secondary N) is 1. The van der Waals surface area contributed by atoms with Crippen molar-refractivity contribution >= 4 is 27.5 Å². The SMILES string of the molecule is CCc1nc2c(C)cc(Br)cn2c1C(=O)NCCC1=CCCCC1. The second-order valence-electron chi connectivity index (χ2n) is 6.41. The van der Waals surface area contributed by atoms with Crippen molar-refractivity contribution in [3.05, 3.63) is 45.3 Å². The summed E-state index contributed by atoms with van der Waals surface area (Å²) in [7, 11) is 0. The lowest BCUT2D eigenvalue weighted by molar-refractivity contribution is 0.0947. The molecule has 0 spiro atoms. The quantitative estimate of drug-likeness (QED) is 0.760. The van der Waals surface area contributed by atoms with Gasteiger partial charge in [0.1, 0.15) is 11.3 Å². The first-order chi connectivity index (χ1) is 11.6. The number of fused-ring (bicyclic) bond motifs is 1. The van der Waals surface area contributed by atoms with Gasteiger partial charge in [0.25, 0.3) is 5.91 Å². The third-order valence-electron chi connectivity index (χ3n) is 4.61. The number of nitrogens with zero attached hydrogens (tertiary/aromatic N) is 2. The molecule has 0 atom stereocenters. The number of aryl methyl sites for hydroxylation is 2. The second-order valence-corrected chi connectivity index (χ2v) is 7.33. The summed E-state index contributed by atoms with van der Waals surface area (Å²) in [6.45, 7) is 4.74. The summed E-state index contributed by atoms with van der Waals surface area (Å²) in [5.74, 6) is -0.0340. The van der Waals surface area contributed by atoms with Gasteiger partial charge in [0.2, 0.25) is 0 Å². The van der Waals surface area contributed by atoms with Crippen molar-refractivity contribution in [1.82, 2.24) is 14.7 Å². The molecule has 0 radical (unpaired) electrons. The Morgan fingerprint density at radius 3 is 2.96 bits per heavy atom. The number of aromatic nitrogens is 2. The Labute approximate surface area is 151 Å². The van der Waals surface area contributed by atoms with Gasteiger partial charge in [-0.25, -0.2) is 4.98 Å². The Morgan fingerprint density at radius 1 is 1.42 bits per heavy atom. The third kappa shape index (κ3) is 3.56. The first-order valence-corrected chi connectivity index (χ1v) is 9.52. The highest BCUT2D eigenvalue weighted by molar-refractivity contribution is 9.10. The van der Waals surface area contributed by atoms with Gasteiger partial charge in [-0.1, -0.05) is 18.6 Å². The van der Waals surface area contributed by atoms with E-state index in [2.05, 4.69) is 32.3 Å². The van der Waals surface area contributed by atoms with E-state index in [1.54, 1.807) is 0 Å². The molecule has 1 aliphatic carbocycles.